The number of amides is 1. The second-order valence-corrected chi connectivity index (χ2v) is 8.09. The summed E-state index contributed by atoms with van der Waals surface area (Å²) < 4.78 is 5.55. The molecule has 0 spiro atoms. The van der Waals surface area contributed by atoms with Gasteiger partial charge in [0.25, 0.3) is 5.91 Å². The number of carbonyl (C=O) groups excluding carboxylic acids is 2. The fourth-order valence-corrected chi connectivity index (χ4v) is 3.95. The average molecular weight is 393 g/mol. The van der Waals surface area contributed by atoms with Crippen molar-refractivity contribution in [3.63, 3.8) is 0 Å². The molecule has 138 valence electrons. The van der Waals surface area contributed by atoms with E-state index >= 15 is 0 Å². The second-order valence-electron chi connectivity index (χ2n) is 6.69. The quantitative estimate of drug-likeness (QED) is 0.635. The number of benzene rings is 1. The Labute approximate surface area is 161 Å². The molecule has 1 aromatic heterocycles. The Hall–Kier alpha value is -2.05. The van der Waals surface area contributed by atoms with Gasteiger partial charge in [0, 0.05) is 18.0 Å². The lowest BCUT2D eigenvalue weighted by atomic mass is 10.0. The first-order valence-electron chi connectivity index (χ1n) is 8.47. The molecular formula is C19H21ClN2O3S. The molecule has 1 aromatic carbocycles. The predicted octanol–water partition coefficient (Wildman–Crippen LogP) is 3.75. The highest BCUT2D eigenvalue weighted by Crippen LogP contribution is 2.26. The molecule has 3 rings (SSSR count). The number of thiophene rings is 1. The molecule has 1 aliphatic rings. The minimum atomic E-state index is -0.834. The van der Waals surface area contributed by atoms with Gasteiger partial charge in [0.05, 0.1) is 16.3 Å². The molecule has 2 aromatic rings. The summed E-state index contributed by atoms with van der Waals surface area (Å²) in [6.07, 6.45) is 0.00480. The van der Waals surface area contributed by atoms with Gasteiger partial charge in [-0.25, -0.2) is 4.79 Å². The number of fused-ring (bicyclic) bond motifs is 1. The number of nitrogen functional groups attached to an aromatic ring is 1. The summed E-state index contributed by atoms with van der Waals surface area (Å²) in [7, 11) is 0. The zero-order valence-electron chi connectivity index (χ0n) is 14.7. The average Bonchev–Trinajstić information content (AvgIpc) is 3.08. The zero-order chi connectivity index (χ0) is 18.8. The molecule has 1 amide bonds. The maximum atomic E-state index is 13.0. The highest BCUT2D eigenvalue weighted by atomic mass is 35.5. The molecule has 0 bridgehead atoms. The van der Waals surface area contributed by atoms with Gasteiger partial charge in [-0.05, 0) is 47.5 Å². The summed E-state index contributed by atoms with van der Waals surface area (Å²) in [5, 5.41) is 2.42. The Balaban J connectivity index is 1.73. The van der Waals surface area contributed by atoms with Crippen LogP contribution in [0, 0.1) is 5.92 Å². The Morgan fingerprint density at radius 1 is 1.31 bits per heavy atom. The molecule has 5 nitrogen and oxygen atoms in total. The van der Waals surface area contributed by atoms with Gasteiger partial charge >= 0.3 is 5.97 Å². The number of hydrogen-bond acceptors (Lipinski definition) is 5. The summed E-state index contributed by atoms with van der Waals surface area (Å²) >= 11 is 7.61. The number of esters is 1. The topological polar surface area (TPSA) is 72.6 Å². The normalized spacial score (nSPS) is 14.8. The van der Waals surface area contributed by atoms with Gasteiger partial charge in [0.2, 0.25) is 0 Å². The molecule has 26 heavy (non-hydrogen) atoms. The van der Waals surface area contributed by atoms with Crippen molar-refractivity contribution < 1.29 is 14.3 Å². The first kappa shape index (κ1) is 18.7. The van der Waals surface area contributed by atoms with Crippen molar-refractivity contribution in [3.8, 4) is 0 Å². The summed E-state index contributed by atoms with van der Waals surface area (Å²) in [5.74, 6) is -0.874. The fourth-order valence-electron chi connectivity index (χ4n) is 2.94. The lowest BCUT2D eigenvalue weighted by Crippen LogP contribution is -2.45. The van der Waals surface area contributed by atoms with Gasteiger partial charge in [-0.3, -0.25) is 4.79 Å². The minimum absolute atomic E-state index is 0.139. The van der Waals surface area contributed by atoms with Gasteiger partial charge in [-0.1, -0.05) is 25.4 Å². The molecule has 0 aliphatic carbocycles. The molecule has 7 heteroatoms. The van der Waals surface area contributed by atoms with Crippen molar-refractivity contribution in [1.29, 1.82) is 0 Å². The van der Waals surface area contributed by atoms with E-state index in [4.69, 9.17) is 22.1 Å². The number of hydrogen-bond donors (Lipinski definition) is 1. The first-order valence-corrected chi connectivity index (χ1v) is 9.72. The van der Waals surface area contributed by atoms with E-state index in [0.717, 1.165) is 6.42 Å². The number of halogens is 1. The number of anilines is 1. The van der Waals surface area contributed by atoms with Gasteiger partial charge in [-0.2, -0.15) is 0 Å². The highest BCUT2D eigenvalue weighted by Gasteiger charge is 2.33. The third-order valence-corrected chi connectivity index (χ3v) is 5.80. The third kappa shape index (κ3) is 3.86. The van der Waals surface area contributed by atoms with E-state index in [0.29, 0.717) is 23.8 Å². The number of carbonyl (C=O) groups is 2. The van der Waals surface area contributed by atoms with Crippen molar-refractivity contribution in [2.24, 2.45) is 5.92 Å². The molecule has 1 atom stereocenters. The molecule has 0 unspecified atom stereocenters. The van der Waals surface area contributed by atoms with Gasteiger partial charge in [0.15, 0.2) is 6.10 Å². The molecular weight excluding hydrogens is 372 g/mol. The lowest BCUT2D eigenvalue weighted by molar-refractivity contribution is -0.144. The standard InChI is InChI=1S/C19H21ClN2O3S/c1-11(2)17(25-19(24)12-3-4-14(20)15(21)9-12)18(23)22-7-5-16-13(10-22)6-8-26-16/h3-4,6,8-9,11,17H,5,7,10,21H2,1-2H3/t17-/m0/s1. The monoisotopic (exact) mass is 392 g/mol. The van der Waals surface area contributed by atoms with Gasteiger partial charge in [0.1, 0.15) is 0 Å². The molecule has 0 radical (unpaired) electrons. The van der Waals surface area contributed by atoms with E-state index < -0.39 is 12.1 Å². The molecule has 0 saturated heterocycles. The van der Waals surface area contributed by atoms with Gasteiger partial charge < -0.3 is 15.4 Å². The maximum absolute atomic E-state index is 13.0. The maximum Gasteiger partial charge on any atom is 0.338 e. The van der Waals surface area contributed by atoms with Crippen LogP contribution in [0.15, 0.2) is 29.6 Å². The van der Waals surface area contributed by atoms with E-state index in [-0.39, 0.29) is 17.4 Å². The second kappa shape index (κ2) is 7.68. The zero-order valence-corrected chi connectivity index (χ0v) is 16.3. The summed E-state index contributed by atoms with van der Waals surface area (Å²) in [6, 6.07) is 6.60. The van der Waals surface area contributed by atoms with E-state index in [1.807, 2.05) is 25.3 Å². The summed E-state index contributed by atoms with van der Waals surface area (Å²) in [5.41, 5.74) is 7.50. The number of nitrogens with two attached hydrogens (primary N) is 1. The fraction of sp³-hybridized carbons (Fsp3) is 0.368. The van der Waals surface area contributed by atoms with Crippen LogP contribution in [0.2, 0.25) is 5.02 Å². The van der Waals surface area contributed by atoms with E-state index in [1.54, 1.807) is 28.4 Å². The van der Waals surface area contributed by atoms with Crippen LogP contribution in [0.25, 0.3) is 0 Å². The van der Waals surface area contributed by atoms with E-state index in [1.165, 1.54) is 16.5 Å². The van der Waals surface area contributed by atoms with Crippen LogP contribution in [0.4, 0.5) is 5.69 Å². The Kier molecular flexibility index (Phi) is 5.53. The number of ether oxygens (including phenoxy) is 1. The molecule has 2 heterocycles. The Morgan fingerprint density at radius 3 is 2.77 bits per heavy atom. The minimum Gasteiger partial charge on any atom is -0.448 e. The van der Waals surface area contributed by atoms with Crippen LogP contribution in [0.3, 0.4) is 0 Å². The summed E-state index contributed by atoms with van der Waals surface area (Å²) in [4.78, 5) is 28.5. The molecule has 0 saturated carbocycles. The van der Waals surface area contributed by atoms with Crippen LogP contribution in [0.1, 0.15) is 34.6 Å². The molecule has 1 aliphatic heterocycles. The molecule has 2 N–H and O–H groups in total. The lowest BCUT2D eigenvalue weighted by Gasteiger charge is -2.31. The van der Waals surface area contributed by atoms with E-state index in [2.05, 4.69) is 0 Å². The van der Waals surface area contributed by atoms with E-state index in [9.17, 15) is 9.59 Å². The first-order chi connectivity index (χ1) is 12.4. The van der Waals surface area contributed by atoms with Crippen LogP contribution in [-0.2, 0) is 22.5 Å². The number of rotatable bonds is 4. The van der Waals surface area contributed by atoms with Crippen LogP contribution in [-0.4, -0.2) is 29.4 Å². The van der Waals surface area contributed by atoms with Crippen LogP contribution >= 0.6 is 22.9 Å². The largest absolute Gasteiger partial charge is 0.448 e. The number of nitrogens with zero attached hydrogens (tertiary/aromatic N) is 1. The highest BCUT2D eigenvalue weighted by molar-refractivity contribution is 7.10. The van der Waals surface area contributed by atoms with Crippen molar-refractivity contribution in [1.82, 2.24) is 4.90 Å². The summed E-state index contributed by atoms with van der Waals surface area (Å²) in [6.45, 7) is 4.94. The third-order valence-electron chi connectivity index (χ3n) is 4.43. The van der Waals surface area contributed by atoms with Crippen molar-refractivity contribution in [2.75, 3.05) is 12.3 Å². The van der Waals surface area contributed by atoms with Gasteiger partial charge in [-0.15, -0.1) is 11.3 Å². The van der Waals surface area contributed by atoms with Crippen LogP contribution in [0.5, 0.6) is 0 Å². The van der Waals surface area contributed by atoms with Crippen molar-refractivity contribution in [3.05, 3.63) is 50.7 Å². The van der Waals surface area contributed by atoms with Crippen molar-refractivity contribution in [2.45, 2.75) is 32.9 Å². The predicted molar refractivity (Wildman–Crippen MR) is 103 cm³/mol. The Bertz CT molecular complexity index is 834. The van der Waals surface area contributed by atoms with Crippen LogP contribution < -0.4 is 5.73 Å². The Morgan fingerprint density at radius 2 is 2.08 bits per heavy atom. The smallest absolute Gasteiger partial charge is 0.338 e. The SMILES string of the molecule is CC(C)[C@H](OC(=O)c1ccc(Cl)c(N)c1)C(=O)N1CCc2sccc2C1. The molecule has 0 fully saturated rings. The van der Waals surface area contributed by atoms with Crippen molar-refractivity contribution >= 4 is 40.5 Å².